The molecule has 0 saturated carbocycles. The highest BCUT2D eigenvalue weighted by Crippen LogP contribution is 2.34. The van der Waals surface area contributed by atoms with E-state index in [1.54, 1.807) is 6.92 Å². The lowest BCUT2D eigenvalue weighted by molar-refractivity contribution is 0.241. The Hall–Kier alpha value is -0.560. The van der Waals surface area contributed by atoms with E-state index >= 15 is 0 Å². The van der Waals surface area contributed by atoms with Gasteiger partial charge < -0.3 is 5.11 Å². The minimum atomic E-state index is -0.318. The average molecular weight is 194 g/mol. The summed E-state index contributed by atoms with van der Waals surface area (Å²) in [6.45, 7) is 8.57. The van der Waals surface area contributed by atoms with E-state index in [1.165, 1.54) is 12.0 Å². The monoisotopic (exact) mass is 194 g/mol. The molecule has 0 fully saturated rings. The summed E-state index contributed by atoms with van der Waals surface area (Å²) in [4.78, 5) is 0. The van der Waals surface area contributed by atoms with E-state index in [0.29, 0.717) is 17.8 Å². The van der Waals surface area contributed by atoms with Crippen molar-refractivity contribution in [2.24, 2.45) is 17.8 Å². The fourth-order valence-corrected chi connectivity index (χ4v) is 2.44. The van der Waals surface area contributed by atoms with Gasteiger partial charge in [0.15, 0.2) is 0 Å². The Morgan fingerprint density at radius 3 is 2.64 bits per heavy atom. The van der Waals surface area contributed by atoms with Crippen molar-refractivity contribution in [2.45, 2.75) is 40.2 Å². The summed E-state index contributed by atoms with van der Waals surface area (Å²) in [5.41, 5.74) is 1.51. The molecule has 14 heavy (non-hydrogen) atoms. The van der Waals surface area contributed by atoms with Crippen LogP contribution in [0.5, 0.6) is 0 Å². The van der Waals surface area contributed by atoms with Crippen LogP contribution in [0.3, 0.4) is 0 Å². The van der Waals surface area contributed by atoms with Crippen molar-refractivity contribution in [1.82, 2.24) is 0 Å². The lowest BCUT2D eigenvalue weighted by Crippen LogP contribution is -2.21. The molecule has 0 bridgehead atoms. The second-order valence-corrected chi connectivity index (χ2v) is 4.76. The van der Waals surface area contributed by atoms with Crippen LogP contribution in [0.2, 0.25) is 0 Å². The molecule has 1 heteroatoms. The molecule has 0 aliphatic heterocycles. The highest BCUT2D eigenvalue weighted by Gasteiger charge is 2.24. The van der Waals surface area contributed by atoms with Gasteiger partial charge in [-0.3, -0.25) is 0 Å². The fraction of sp³-hybridized carbons (Fsp3) is 0.692. The zero-order valence-electron chi connectivity index (χ0n) is 9.70. The van der Waals surface area contributed by atoms with Crippen molar-refractivity contribution in [3.8, 4) is 0 Å². The molecule has 0 aromatic carbocycles. The topological polar surface area (TPSA) is 20.2 Å². The molecule has 0 amide bonds. The van der Waals surface area contributed by atoms with E-state index in [-0.39, 0.29) is 6.10 Å². The second kappa shape index (κ2) is 4.79. The summed E-state index contributed by atoms with van der Waals surface area (Å²) in [5, 5.41) is 9.21. The average Bonchev–Trinajstić information content (AvgIpc) is 2.01. The Morgan fingerprint density at radius 2 is 2.14 bits per heavy atom. The fourth-order valence-electron chi connectivity index (χ4n) is 2.44. The molecule has 0 heterocycles. The number of hydrogen-bond acceptors (Lipinski definition) is 1. The largest absolute Gasteiger partial charge is 0.389 e. The zero-order valence-corrected chi connectivity index (χ0v) is 9.70. The van der Waals surface area contributed by atoms with E-state index in [9.17, 15) is 5.11 Å². The smallest absolute Gasteiger partial charge is 0.0692 e. The van der Waals surface area contributed by atoms with Crippen molar-refractivity contribution in [3.05, 3.63) is 23.8 Å². The molecule has 80 valence electrons. The van der Waals surface area contributed by atoms with Gasteiger partial charge in [-0.2, -0.15) is 0 Å². The summed E-state index contributed by atoms with van der Waals surface area (Å²) in [5.74, 6) is 1.90. The molecule has 1 nitrogen and oxygen atoms in total. The molecule has 0 saturated heterocycles. The van der Waals surface area contributed by atoms with Gasteiger partial charge in [-0.25, -0.2) is 0 Å². The molecule has 0 aromatic heterocycles. The van der Waals surface area contributed by atoms with Crippen LogP contribution in [-0.4, -0.2) is 11.2 Å². The number of aliphatic hydroxyl groups is 1. The van der Waals surface area contributed by atoms with Crippen molar-refractivity contribution < 1.29 is 5.11 Å². The third-order valence-electron chi connectivity index (χ3n) is 3.07. The van der Waals surface area contributed by atoms with Crippen molar-refractivity contribution in [3.63, 3.8) is 0 Å². The molecule has 0 aromatic rings. The number of allylic oxidation sites excluding steroid dienone is 3. The van der Waals surface area contributed by atoms with Gasteiger partial charge in [-0.15, -0.1) is 0 Å². The maximum absolute atomic E-state index is 9.21. The van der Waals surface area contributed by atoms with E-state index < -0.39 is 0 Å². The van der Waals surface area contributed by atoms with Gasteiger partial charge in [-0.1, -0.05) is 37.6 Å². The normalized spacial score (nSPS) is 35.8. The summed E-state index contributed by atoms with van der Waals surface area (Å²) >= 11 is 0. The minimum absolute atomic E-state index is 0.318. The summed E-state index contributed by atoms with van der Waals surface area (Å²) < 4.78 is 0. The first-order valence-corrected chi connectivity index (χ1v) is 5.54. The lowest BCUT2D eigenvalue weighted by Gasteiger charge is -2.30. The number of aliphatic hydroxyl groups excluding tert-OH is 1. The van der Waals surface area contributed by atoms with Crippen LogP contribution >= 0.6 is 0 Å². The lowest BCUT2D eigenvalue weighted by atomic mass is 9.75. The van der Waals surface area contributed by atoms with Gasteiger partial charge in [0.1, 0.15) is 0 Å². The van der Waals surface area contributed by atoms with Gasteiger partial charge in [-0.05, 0) is 38.0 Å². The molecule has 4 unspecified atom stereocenters. The van der Waals surface area contributed by atoms with Crippen molar-refractivity contribution in [1.29, 1.82) is 0 Å². The highest BCUT2D eigenvalue weighted by atomic mass is 16.3. The SMILES string of the molecule is CC1=CC(C)C(/C=C/C(C)O)C(C)C1. The number of rotatable bonds is 2. The third-order valence-corrected chi connectivity index (χ3v) is 3.07. The van der Waals surface area contributed by atoms with Crippen LogP contribution in [0.15, 0.2) is 23.8 Å². The highest BCUT2D eigenvalue weighted by molar-refractivity contribution is 5.12. The van der Waals surface area contributed by atoms with Crippen LogP contribution in [0.4, 0.5) is 0 Å². The minimum Gasteiger partial charge on any atom is -0.389 e. The van der Waals surface area contributed by atoms with Gasteiger partial charge in [0.25, 0.3) is 0 Å². The van der Waals surface area contributed by atoms with Crippen LogP contribution in [0.1, 0.15) is 34.1 Å². The molecule has 1 N–H and O–H groups in total. The first-order chi connectivity index (χ1) is 6.50. The molecule has 1 aliphatic carbocycles. The van der Waals surface area contributed by atoms with Crippen LogP contribution in [0, 0.1) is 17.8 Å². The Bertz CT molecular complexity index is 238. The third kappa shape index (κ3) is 2.98. The van der Waals surface area contributed by atoms with E-state index in [1.807, 2.05) is 6.08 Å². The molecular formula is C13H22O. The summed E-state index contributed by atoms with van der Waals surface area (Å²) in [6.07, 6.45) is 7.33. The standard InChI is InChI=1S/C13H22O/c1-9-7-10(2)13(11(3)8-9)6-5-12(4)14/h5-7,10-14H,8H2,1-4H3/b6-5+. The molecule has 0 radical (unpaired) electrons. The Labute approximate surface area is 87.5 Å². The summed E-state index contributed by atoms with van der Waals surface area (Å²) in [7, 11) is 0. The van der Waals surface area contributed by atoms with Crippen LogP contribution < -0.4 is 0 Å². The predicted octanol–water partition coefficient (Wildman–Crippen LogP) is 3.16. The first kappa shape index (κ1) is 11.5. The molecule has 4 atom stereocenters. The van der Waals surface area contributed by atoms with E-state index in [2.05, 4.69) is 32.9 Å². The van der Waals surface area contributed by atoms with Gasteiger partial charge in [0.05, 0.1) is 6.10 Å². The second-order valence-electron chi connectivity index (χ2n) is 4.76. The van der Waals surface area contributed by atoms with Crippen LogP contribution in [-0.2, 0) is 0 Å². The maximum Gasteiger partial charge on any atom is 0.0692 e. The van der Waals surface area contributed by atoms with Crippen LogP contribution in [0.25, 0.3) is 0 Å². The Balaban J connectivity index is 2.69. The molecule has 1 rings (SSSR count). The zero-order chi connectivity index (χ0) is 10.7. The van der Waals surface area contributed by atoms with Gasteiger partial charge in [0, 0.05) is 0 Å². The predicted molar refractivity (Wildman–Crippen MR) is 61.0 cm³/mol. The quantitative estimate of drug-likeness (QED) is 0.669. The molecular weight excluding hydrogens is 172 g/mol. The Morgan fingerprint density at radius 1 is 1.50 bits per heavy atom. The van der Waals surface area contributed by atoms with Crippen molar-refractivity contribution in [2.75, 3.05) is 0 Å². The maximum atomic E-state index is 9.21. The summed E-state index contributed by atoms with van der Waals surface area (Å²) in [6, 6.07) is 0. The first-order valence-electron chi connectivity index (χ1n) is 5.54. The van der Waals surface area contributed by atoms with Gasteiger partial charge >= 0.3 is 0 Å². The van der Waals surface area contributed by atoms with Gasteiger partial charge in [0.2, 0.25) is 0 Å². The van der Waals surface area contributed by atoms with E-state index in [0.717, 1.165) is 0 Å². The molecule has 0 spiro atoms. The number of hydrogen-bond donors (Lipinski definition) is 1. The van der Waals surface area contributed by atoms with E-state index in [4.69, 9.17) is 0 Å². The Kier molecular flexibility index (Phi) is 3.94. The van der Waals surface area contributed by atoms with Crippen molar-refractivity contribution >= 4 is 0 Å². The molecule has 1 aliphatic rings.